The molecule has 1 saturated carbocycles. The number of rotatable bonds is 9. The lowest BCUT2D eigenvalue weighted by Gasteiger charge is -2.37. The zero-order valence-electron chi connectivity index (χ0n) is 11.9. The quantitative estimate of drug-likeness (QED) is 0.679. The first-order valence-corrected chi connectivity index (χ1v) is 7.35. The molecule has 0 aromatic heterocycles. The van der Waals surface area contributed by atoms with Crippen molar-refractivity contribution in [2.24, 2.45) is 0 Å². The number of nitrogens with zero attached hydrogens (tertiary/aromatic N) is 2. The van der Waals surface area contributed by atoms with Crippen LogP contribution in [0.25, 0.3) is 0 Å². The SMILES string of the molecule is CCN(CC)C(=O)CCCN(CCO)C1CCC1. The van der Waals surface area contributed by atoms with E-state index in [9.17, 15) is 4.79 Å². The Bertz CT molecular complexity index is 238. The van der Waals surface area contributed by atoms with Crippen molar-refractivity contribution >= 4 is 5.91 Å². The molecule has 0 heterocycles. The van der Waals surface area contributed by atoms with E-state index in [1.54, 1.807) is 0 Å². The van der Waals surface area contributed by atoms with Gasteiger partial charge in [0.25, 0.3) is 0 Å². The van der Waals surface area contributed by atoms with E-state index in [1.165, 1.54) is 19.3 Å². The van der Waals surface area contributed by atoms with Crippen LogP contribution >= 0.6 is 0 Å². The summed E-state index contributed by atoms with van der Waals surface area (Å²) >= 11 is 0. The van der Waals surface area contributed by atoms with Gasteiger partial charge >= 0.3 is 0 Å². The molecular weight excluding hydrogens is 228 g/mol. The van der Waals surface area contributed by atoms with Crippen LogP contribution in [0.3, 0.4) is 0 Å². The summed E-state index contributed by atoms with van der Waals surface area (Å²) in [5, 5.41) is 9.06. The molecule has 0 bridgehead atoms. The minimum atomic E-state index is 0.223. The molecule has 1 amide bonds. The summed E-state index contributed by atoms with van der Waals surface area (Å²) in [4.78, 5) is 16.1. The molecule has 1 N–H and O–H groups in total. The first kappa shape index (κ1) is 15.4. The molecule has 1 rings (SSSR count). The molecule has 0 saturated heterocycles. The fraction of sp³-hybridized carbons (Fsp3) is 0.929. The predicted molar refractivity (Wildman–Crippen MR) is 73.5 cm³/mol. The molecule has 18 heavy (non-hydrogen) atoms. The molecule has 0 atom stereocenters. The van der Waals surface area contributed by atoms with E-state index >= 15 is 0 Å². The van der Waals surface area contributed by atoms with Crippen LogP contribution in [0, 0.1) is 0 Å². The molecule has 0 unspecified atom stereocenters. The van der Waals surface area contributed by atoms with Crippen LogP contribution in [0.2, 0.25) is 0 Å². The molecule has 4 heteroatoms. The van der Waals surface area contributed by atoms with Gasteiger partial charge in [0.15, 0.2) is 0 Å². The Morgan fingerprint density at radius 1 is 1.22 bits per heavy atom. The lowest BCUT2D eigenvalue weighted by atomic mass is 9.91. The Labute approximate surface area is 111 Å². The largest absolute Gasteiger partial charge is 0.395 e. The second kappa shape index (κ2) is 8.48. The van der Waals surface area contributed by atoms with Gasteiger partial charge < -0.3 is 10.0 Å². The molecular formula is C14H28N2O2. The number of hydrogen-bond donors (Lipinski definition) is 1. The summed E-state index contributed by atoms with van der Waals surface area (Å²) in [5.41, 5.74) is 0. The Balaban J connectivity index is 2.23. The lowest BCUT2D eigenvalue weighted by Crippen LogP contribution is -2.42. The maximum Gasteiger partial charge on any atom is 0.222 e. The summed E-state index contributed by atoms with van der Waals surface area (Å²) in [6, 6.07) is 0.653. The fourth-order valence-corrected chi connectivity index (χ4v) is 2.53. The summed E-state index contributed by atoms with van der Waals surface area (Å²) in [6.07, 6.45) is 5.36. The highest BCUT2D eigenvalue weighted by atomic mass is 16.3. The van der Waals surface area contributed by atoms with E-state index in [1.807, 2.05) is 18.7 Å². The van der Waals surface area contributed by atoms with E-state index in [4.69, 9.17) is 5.11 Å². The second-order valence-corrected chi connectivity index (χ2v) is 5.01. The smallest absolute Gasteiger partial charge is 0.222 e. The van der Waals surface area contributed by atoms with E-state index in [0.29, 0.717) is 12.5 Å². The van der Waals surface area contributed by atoms with Crippen LogP contribution in [-0.2, 0) is 4.79 Å². The zero-order chi connectivity index (χ0) is 13.4. The average Bonchev–Trinajstić information content (AvgIpc) is 2.28. The van der Waals surface area contributed by atoms with Crippen molar-refractivity contribution in [1.29, 1.82) is 0 Å². The Morgan fingerprint density at radius 3 is 2.33 bits per heavy atom. The van der Waals surface area contributed by atoms with Crippen LogP contribution < -0.4 is 0 Å². The Hall–Kier alpha value is -0.610. The van der Waals surface area contributed by atoms with Crippen molar-refractivity contribution < 1.29 is 9.90 Å². The molecule has 106 valence electrons. The van der Waals surface area contributed by atoms with E-state index in [-0.39, 0.29) is 12.5 Å². The van der Waals surface area contributed by atoms with E-state index < -0.39 is 0 Å². The number of aliphatic hydroxyl groups excluding tert-OH is 1. The van der Waals surface area contributed by atoms with Crippen molar-refractivity contribution in [2.75, 3.05) is 32.8 Å². The number of carbonyl (C=O) groups excluding carboxylic acids is 1. The third-order valence-corrected chi connectivity index (χ3v) is 3.93. The van der Waals surface area contributed by atoms with Gasteiger partial charge in [0.2, 0.25) is 5.91 Å². The van der Waals surface area contributed by atoms with Gasteiger partial charge in [0, 0.05) is 32.1 Å². The second-order valence-electron chi connectivity index (χ2n) is 5.01. The molecule has 0 aromatic carbocycles. The van der Waals surface area contributed by atoms with Gasteiger partial charge in [-0.05, 0) is 39.7 Å². The van der Waals surface area contributed by atoms with Crippen molar-refractivity contribution in [1.82, 2.24) is 9.80 Å². The summed E-state index contributed by atoms with van der Waals surface area (Å²) in [5.74, 6) is 0.262. The number of aliphatic hydroxyl groups is 1. The third kappa shape index (κ3) is 4.58. The molecule has 4 nitrogen and oxygen atoms in total. The molecule has 0 spiro atoms. The van der Waals surface area contributed by atoms with Crippen molar-refractivity contribution in [2.45, 2.75) is 52.0 Å². The summed E-state index contributed by atoms with van der Waals surface area (Å²) in [7, 11) is 0. The van der Waals surface area contributed by atoms with Crippen LogP contribution in [-0.4, -0.2) is 59.6 Å². The van der Waals surface area contributed by atoms with Gasteiger partial charge in [-0.25, -0.2) is 0 Å². The molecule has 0 radical (unpaired) electrons. The lowest BCUT2D eigenvalue weighted by molar-refractivity contribution is -0.131. The maximum atomic E-state index is 11.9. The topological polar surface area (TPSA) is 43.8 Å². The fourth-order valence-electron chi connectivity index (χ4n) is 2.53. The standard InChI is InChI=1S/C14H28N2O2/c1-3-15(4-2)14(18)9-6-10-16(11-12-17)13-7-5-8-13/h13,17H,3-12H2,1-2H3. The van der Waals surface area contributed by atoms with Crippen LogP contribution in [0.15, 0.2) is 0 Å². The highest BCUT2D eigenvalue weighted by Gasteiger charge is 2.24. The molecule has 0 aliphatic heterocycles. The van der Waals surface area contributed by atoms with Gasteiger partial charge in [-0.1, -0.05) is 6.42 Å². The average molecular weight is 256 g/mol. The Morgan fingerprint density at radius 2 is 1.89 bits per heavy atom. The third-order valence-electron chi connectivity index (χ3n) is 3.93. The number of amides is 1. The first-order chi connectivity index (χ1) is 8.72. The number of carbonyl (C=O) groups is 1. The molecule has 1 aliphatic carbocycles. The molecule has 1 fully saturated rings. The van der Waals surface area contributed by atoms with Gasteiger partial charge in [0.1, 0.15) is 0 Å². The van der Waals surface area contributed by atoms with Gasteiger partial charge in [-0.3, -0.25) is 9.69 Å². The van der Waals surface area contributed by atoms with Gasteiger partial charge in [-0.2, -0.15) is 0 Å². The normalized spacial score (nSPS) is 15.8. The molecule has 0 aromatic rings. The van der Waals surface area contributed by atoms with Crippen molar-refractivity contribution in [3.63, 3.8) is 0 Å². The maximum absolute atomic E-state index is 11.9. The number of hydrogen-bond acceptors (Lipinski definition) is 3. The van der Waals surface area contributed by atoms with Crippen molar-refractivity contribution in [3.05, 3.63) is 0 Å². The molecule has 1 aliphatic rings. The van der Waals surface area contributed by atoms with Crippen LogP contribution in [0.5, 0.6) is 0 Å². The first-order valence-electron chi connectivity index (χ1n) is 7.35. The van der Waals surface area contributed by atoms with Gasteiger partial charge in [0.05, 0.1) is 6.61 Å². The van der Waals surface area contributed by atoms with E-state index in [2.05, 4.69) is 4.90 Å². The highest BCUT2D eigenvalue weighted by molar-refractivity contribution is 5.76. The highest BCUT2D eigenvalue weighted by Crippen LogP contribution is 2.24. The Kier molecular flexibility index (Phi) is 7.28. The zero-order valence-corrected chi connectivity index (χ0v) is 11.9. The van der Waals surface area contributed by atoms with Gasteiger partial charge in [-0.15, -0.1) is 0 Å². The van der Waals surface area contributed by atoms with Crippen molar-refractivity contribution in [3.8, 4) is 0 Å². The minimum Gasteiger partial charge on any atom is -0.395 e. The van der Waals surface area contributed by atoms with Crippen LogP contribution in [0.4, 0.5) is 0 Å². The van der Waals surface area contributed by atoms with E-state index in [0.717, 1.165) is 32.6 Å². The minimum absolute atomic E-state index is 0.223. The summed E-state index contributed by atoms with van der Waals surface area (Å²) < 4.78 is 0. The van der Waals surface area contributed by atoms with Crippen LogP contribution in [0.1, 0.15) is 46.0 Å². The monoisotopic (exact) mass is 256 g/mol. The summed E-state index contributed by atoms with van der Waals surface area (Å²) in [6.45, 7) is 7.57. The predicted octanol–water partition coefficient (Wildman–Crippen LogP) is 1.48.